The van der Waals surface area contributed by atoms with Crippen LogP contribution in [0.1, 0.15) is 85.9 Å². The van der Waals surface area contributed by atoms with Gasteiger partial charge in [-0.1, -0.05) is 147 Å². The van der Waals surface area contributed by atoms with Crippen LogP contribution in [0.25, 0.3) is 61.2 Å². The van der Waals surface area contributed by atoms with Gasteiger partial charge in [0.05, 0.1) is 40.3 Å². The molecule has 0 aliphatic carbocycles. The molecule has 0 aliphatic heterocycles. The molecular formula is C54H52N4O. The lowest BCUT2D eigenvalue weighted by atomic mass is 9.78. The molecule has 0 aliphatic rings. The summed E-state index contributed by atoms with van der Waals surface area (Å²) >= 11 is 0. The average Bonchev–Trinajstić information content (AvgIpc) is 3.79. The van der Waals surface area contributed by atoms with Crippen LogP contribution in [0.4, 0.5) is 0 Å². The van der Waals surface area contributed by atoms with Crippen LogP contribution in [0.15, 0.2) is 152 Å². The lowest BCUT2D eigenvalue weighted by Crippen LogP contribution is -2.37. The summed E-state index contributed by atoms with van der Waals surface area (Å²) in [6.45, 7) is 19.9. The number of hydrogen-bond acceptors (Lipinski definition) is 2. The van der Waals surface area contributed by atoms with Crippen LogP contribution in [-0.4, -0.2) is 14.1 Å². The number of nitrogens with zero attached hydrogens (tertiary/aromatic N) is 4. The van der Waals surface area contributed by atoms with Crippen molar-refractivity contribution >= 4 is 32.8 Å². The van der Waals surface area contributed by atoms with Crippen molar-refractivity contribution < 1.29 is 16.2 Å². The van der Waals surface area contributed by atoms with Crippen molar-refractivity contribution in [3.8, 4) is 39.8 Å². The van der Waals surface area contributed by atoms with E-state index in [9.17, 15) is 0 Å². The highest BCUT2D eigenvalue weighted by Crippen LogP contribution is 2.38. The fourth-order valence-electron chi connectivity index (χ4n) is 8.10. The predicted molar refractivity (Wildman–Crippen MR) is 244 cm³/mol. The summed E-state index contributed by atoms with van der Waals surface area (Å²) in [6.07, 6.45) is 5.61. The number of pyridine rings is 1. The van der Waals surface area contributed by atoms with E-state index in [2.05, 4.69) is 145 Å². The second-order valence-electron chi connectivity index (χ2n) is 18.5. The molecule has 0 saturated heterocycles. The first-order chi connectivity index (χ1) is 30.2. The third kappa shape index (κ3) is 6.99. The number of ether oxygens (including phenoxy) is 1. The van der Waals surface area contributed by atoms with Crippen LogP contribution in [0, 0.1) is 6.33 Å². The molecule has 0 atom stereocenters. The number of para-hydroxylation sites is 2. The maximum absolute atomic E-state index is 8.83. The van der Waals surface area contributed by atoms with E-state index < -0.39 is 6.04 Å². The van der Waals surface area contributed by atoms with Gasteiger partial charge in [-0.25, -0.2) is 4.98 Å². The van der Waals surface area contributed by atoms with Crippen molar-refractivity contribution in [2.24, 2.45) is 0 Å². The summed E-state index contributed by atoms with van der Waals surface area (Å²) in [5.41, 5.74) is 9.07. The van der Waals surface area contributed by atoms with Crippen LogP contribution >= 0.6 is 0 Å². The van der Waals surface area contributed by atoms with Gasteiger partial charge < -0.3 is 4.74 Å². The van der Waals surface area contributed by atoms with E-state index >= 15 is 0 Å². The van der Waals surface area contributed by atoms with Gasteiger partial charge in [-0.05, 0) is 98.7 Å². The Morgan fingerprint density at radius 1 is 0.593 bits per heavy atom. The van der Waals surface area contributed by atoms with Gasteiger partial charge in [-0.15, -0.1) is 0 Å². The first-order valence-corrected chi connectivity index (χ1v) is 20.2. The van der Waals surface area contributed by atoms with E-state index in [-0.39, 0.29) is 46.0 Å². The highest BCUT2D eigenvalue weighted by Gasteiger charge is 2.28. The molecule has 0 bridgehead atoms. The Kier molecular flexibility index (Phi) is 7.78. The van der Waals surface area contributed by atoms with Crippen molar-refractivity contribution in [2.75, 3.05) is 0 Å². The number of aromatic nitrogens is 4. The Morgan fingerprint density at radius 2 is 1.29 bits per heavy atom. The van der Waals surface area contributed by atoms with Crippen LogP contribution in [0.2, 0.25) is 0 Å². The molecule has 5 nitrogen and oxygen atoms in total. The third-order valence-electron chi connectivity index (χ3n) is 11.1. The van der Waals surface area contributed by atoms with Gasteiger partial charge in [0.15, 0.2) is 0 Å². The molecule has 0 spiro atoms. The molecule has 0 N–H and O–H groups in total. The molecular weight excluding hydrogens is 721 g/mol. The van der Waals surface area contributed by atoms with Crippen LogP contribution < -0.4 is 9.30 Å². The van der Waals surface area contributed by atoms with Gasteiger partial charge in [0, 0.05) is 23.0 Å². The van der Waals surface area contributed by atoms with E-state index in [1.807, 2.05) is 59.3 Å². The normalized spacial score (nSPS) is 13.7. The number of rotatable bonds is 6. The Balaban J connectivity index is 1.23. The predicted octanol–water partition coefficient (Wildman–Crippen LogP) is 13.6. The van der Waals surface area contributed by atoms with Crippen molar-refractivity contribution in [1.82, 2.24) is 14.1 Å². The van der Waals surface area contributed by atoms with Gasteiger partial charge in [0.1, 0.15) is 17.3 Å². The molecule has 59 heavy (non-hydrogen) atoms. The Morgan fingerprint density at radius 3 is 2.02 bits per heavy atom. The monoisotopic (exact) mass is 777 g/mol. The molecule has 0 fully saturated rings. The number of imidazole rings is 1. The maximum Gasteiger partial charge on any atom is 0.269 e. The van der Waals surface area contributed by atoms with Crippen molar-refractivity contribution in [3.05, 3.63) is 175 Å². The minimum Gasteiger partial charge on any atom is -0.458 e. The van der Waals surface area contributed by atoms with Gasteiger partial charge in [-0.2, -0.15) is 0 Å². The van der Waals surface area contributed by atoms with Crippen molar-refractivity contribution in [3.63, 3.8) is 0 Å². The second-order valence-corrected chi connectivity index (χ2v) is 18.5. The Bertz CT molecular complexity index is 3260. The zero-order valence-electron chi connectivity index (χ0n) is 40.2. The zero-order chi connectivity index (χ0) is 45.6. The summed E-state index contributed by atoms with van der Waals surface area (Å²) in [4.78, 5) is 4.85. The standard InChI is InChI=1S/C54H52N4O/c1-52(2,3)38-29-30-55-50(32-38)58-46-24-14-13-21-42(46)43-27-26-41(34-48(43)58)59-40-20-15-19-39(33-40)56-35-57(47-28-25-37(31-49(47)56)36-17-11-10-12-18-36)51-44(53(4,5)6)22-16-23-45(51)54(7,8)9/h10-34H,1-9H3/i10D,11D,12D,17D,18D. The zero-order valence-corrected chi connectivity index (χ0v) is 35.2. The minimum atomic E-state index is -0.424. The largest absolute Gasteiger partial charge is 0.458 e. The summed E-state index contributed by atoms with van der Waals surface area (Å²) in [7, 11) is 0. The fraction of sp³-hybridized carbons (Fsp3) is 0.222. The lowest BCUT2D eigenvalue weighted by Gasteiger charge is -2.30. The molecule has 3 aromatic heterocycles. The highest BCUT2D eigenvalue weighted by molar-refractivity contribution is 6.09. The van der Waals surface area contributed by atoms with Gasteiger partial charge in [0.25, 0.3) is 6.33 Å². The summed E-state index contributed by atoms with van der Waals surface area (Å²) < 4.78 is 55.8. The molecule has 0 amide bonds. The van der Waals surface area contributed by atoms with Crippen LogP contribution in [-0.2, 0) is 16.2 Å². The van der Waals surface area contributed by atoms with Gasteiger partial charge >= 0.3 is 0 Å². The van der Waals surface area contributed by atoms with E-state index in [4.69, 9.17) is 16.6 Å². The molecule has 0 saturated carbocycles. The highest BCUT2D eigenvalue weighted by atomic mass is 16.5. The first kappa shape index (κ1) is 32.5. The Labute approximate surface area is 355 Å². The van der Waals surface area contributed by atoms with Crippen molar-refractivity contribution in [1.29, 1.82) is 0 Å². The third-order valence-corrected chi connectivity index (χ3v) is 11.1. The van der Waals surface area contributed by atoms with Crippen LogP contribution in [0.3, 0.4) is 0 Å². The Hall–Kier alpha value is -6.46. The smallest absolute Gasteiger partial charge is 0.269 e. The fourth-order valence-corrected chi connectivity index (χ4v) is 8.10. The van der Waals surface area contributed by atoms with Crippen molar-refractivity contribution in [2.45, 2.75) is 78.6 Å². The summed E-state index contributed by atoms with van der Waals surface area (Å²) in [5.74, 6) is 2.11. The van der Waals surface area contributed by atoms with Gasteiger partial charge in [0.2, 0.25) is 0 Å². The number of benzene rings is 6. The molecule has 9 rings (SSSR count). The molecule has 5 heteroatoms. The summed E-state index contributed by atoms with van der Waals surface area (Å²) in [5, 5.41) is 2.22. The SMILES string of the molecule is [2H]c1c([2H])c([2H])c(-c2ccc3c(c2)n(-c2cccc(Oc4ccc5c6ccccc6n(-c6cc(C(C)(C)C)ccn6)c5c4)c2)[c-][n+]3-c2c(C(C)(C)C)cccc2C(C)(C)C)c([2H])c1[2H]. The summed E-state index contributed by atoms with van der Waals surface area (Å²) in [6, 6.07) is 37.2. The van der Waals surface area contributed by atoms with Crippen LogP contribution in [0.5, 0.6) is 11.5 Å². The van der Waals surface area contributed by atoms with Gasteiger partial charge in [-0.3, -0.25) is 13.7 Å². The quantitative estimate of drug-likeness (QED) is 0.125. The molecule has 0 radical (unpaired) electrons. The maximum atomic E-state index is 8.83. The van der Waals surface area contributed by atoms with E-state index in [0.29, 0.717) is 17.1 Å². The first-order valence-electron chi connectivity index (χ1n) is 22.7. The topological polar surface area (TPSA) is 35.9 Å². The second kappa shape index (κ2) is 14.1. The molecule has 9 aromatic rings. The van der Waals surface area contributed by atoms with E-state index in [1.165, 1.54) is 5.56 Å². The average molecular weight is 778 g/mol. The number of hydrogen-bond donors (Lipinski definition) is 0. The number of fused-ring (bicyclic) bond motifs is 4. The molecule has 294 valence electrons. The van der Waals surface area contributed by atoms with E-state index in [0.717, 1.165) is 61.2 Å². The van der Waals surface area contributed by atoms with E-state index in [1.54, 1.807) is 0 Å². The molecule has 0 unspecified atom stereocenters. The lowest BCUT2D eigenvalue weighted by molar-refractivity contribution is -0.574. The molecule has 3 heterocycles. The minimum absolute atomic E-state index is 0.0518. The molecule has 6 aromatic carbocycles.